The van der Waals surface area contributed by atoms with E-state index in [4.69, 9.17) is 9.40 Å². The van der Waals surface area contributed by atoms with Crippen LogP contribution in [0.2, 0.25) is 0 Å². The summed E-state index contributed by atoms with van der Waals surface area (Å²) in [5.74, 6) is 0.954. The molecule has 4 heteroatoms. The Hall–Kier alpha value is -6.39. The van der Waals surface area contributed by atoms with Crippen molar-refractivity contribution in [3.8, 4) is 33.9 Å². The second-order valence-electron chi connectivity index (χ2n) is 14.0. The molecule has 3 heterocycles. The van der Waals surface area contributed by atoms with Gasteiger partial charge >= 0.3 is 0 Å². The summed E-state index contributed by atoms with van der Waals surface area (Å²) in [4.78, 5) is 5.17. The number of furan rings is 1. The zero-order valence-corrected chi connectivity index (χ0v) is 27.7. The van der Waals surface area contributed by atoms with E-state index in [-0.39, 0.29) is 5.41 Å². The molecular formula is C46H31N3O. The Morgan fingerprint density at radius 2 is 1.22 bits per heavy atom. The second-order valence-corrected chi connectivity index (χ2v) is 14.0. The second kappa shape index (κ2) is 9.83. The maximum absolute atomic E-state index is 6.56. The van der Waals surface area contributed by atoms with E-state index in [2.05, 4.69) is 169 Å². The molecule has 7 aromatic carbocycles. The van der Waals surface area contributed by atoms with E-state index < -0.39 is 0 Å². The molecule has 0 atom stereocenters. The summed E-state index contributed by atoms with van der Waals surface area (Å²) in [5.41, 5.74) is 14.7. The summed E-state index contributed by atoms with van der Waals surface area (Å²) in [5, 5.41) is 4.65. The van der Waals surface area contributed by atoms with Crippen molar-refractivity contribution in [2.45, 2.75) is 19.3 Å². The number of aromatic nitrogens is 3. The summed E-state index contributed by atoms with van der Waals surface area (Å²) in [7, 11) is 0. The molecule has 10 aromatic rings. The quantitative estimate of drug-likeness (QED) is 0.192. The fourth-order valence-corrected chi connectivity index (χ4v) is 8.57. The van der Waals surface area contributed by atoms with Crippen molar-refractivity contribution in [1.82, 2.24) is 14.1 Å². The first-order valence-corrected chi connectivity index (χ1v) is 17.2. The molecule has 0 unspecified atom stereocenters. The van der Waals surface area contributed by atoms with Crippen molar-refractivity contribution in [3.05, 3.63) is 163 Å². The van der Waals surface area contributed by atoms with Crippen molar-refractivity contribution in [2.24, 2.45) is 0 Å². The van der Waals surface area contributed by atoms with Crippen molar-refractivity contribution < 1.29 is 4.42 Å². The third-order valence-electron chi connectivity index (χ3n) is 10.9. The van der Waals surface area contributed by atoms with E-state index in [9.17, 15) is 0 Å². The molecule has 0 fully saturated rings. The zero-order valence-electron chi connectivity index (χ0n) is 27.7. The molecule has 0 aliphatic heterocycles. The fraction of sp³-hybridized carbons (Fsp3) is 0.0652. The van der Waals surface area contributed by atoms with Gasteiger partial charge in [0.2, 0.25) is 0 Å². The minimum absolute atomic E-state index is 0.217. The molecule has 1 aliphatic rings. The van der Waals surface area contributed by atoms with E-state index in [1.165, 1.54) is 33.2 Å². The van der Waals surface area contributed by atoms with E-state index in [1.54, 1.807) is 0 Å². The molecule has 4 nitrogen and oxygen atoms in total. The third-order valence-corrected chi connectivity index (χ3v) is 10.9. The zero-order chi connectivity index (χ0) is 33.1. The molecular weight excluding hydrogens is 611 g/mol. The molecule has 0 saturated carbocycles. The molecule has 0 bridgehead atoms. The van der Waals surface area contributed by atoms with E-state index in [1.807, 2.05) is 6.07 Å². The number of nitrogens with zero attached hydrogens (tertiary/aromatic N) is 3. The van der Waals surface area contributed by atoms with Gasteiger partial charge in [0.25, 0.3) is 0 Å². The summed E-state index contributed by atoms with van der Waals surface area (Å²) >= 11 is 0. The van der Waals surface area contributed by atoms with Crippen LogP contribution >= 0.6 is 0 Å². The lowest BCUT2D eigenvalue weighted by Crippen LogP contribution is -2.15. The molecule has 1 aliphatic carbocycles. The summed E-state index contributed by atoms with van der Waals surface area (Å²) in [6.45, 7) is 4.71. The van der Waals surface area contributed by atoms with Crippen molar-refractivity contribution in [3.63, 3.8) is 0 Å². The Labute approximate surface area is 288 Å². The smallest absolute Gasteiger partial charge is 0.145 e. The maximum Gasteiger partial charge on any atom is 0.145 e. The molecule has 0 saturated heterocycles. The van der Waals surface area contributed by atoms with Crippen LogP contribution in [0.25, 0.3) is 88.7 Å². The van der Waals surface area contributed by atoms with Gasteiger partial charge < -0.3 is 8.98 Å². The highest BCUT2D eigenvalue weighted by Gasteiger charge is 2.36. The first-order valence-electron chi connectivity index (χ1n) is 17.2. The number of hydrogen-bond acceptors (Lipinski definition) is 2. The average Bonchev–Trinajstić information content (AvgIpc) is 3.89. The van der Waals surface area contributed by atoms with Gasteiger partial charge in [0.05, 0.1) is 27.5 Å². The number of para-hydroxylation sites is 5. The standard InChI is InChI=1S/C46H31N3O/c1-46(2)36-26-28(45-47-38-16-8-10-18-40(38)49(45)29-12-4-3-5-13-29)20-22-31(36)32-23-21-30(27-37(32)46)48-39-17-9-6-15-35(39)43-41(48)25-24-34-33-14-7-11-19-42(33)50-44(34)43/h3-27H,1-2H3. The summed E-state index contributed by atoms with van der Waals surface area (Å²) in [6, 6.07) is 54.4. The van der Waals surface area contributed by atoms with Crippen molar-refractivity contribution in [1.29, 1.82) is 0 Å². The third kappa shape index (κ3) is 3.62. The van der Waals surface area contributed by atoms with Gasteiger partial charge in [0, 0.05) is 38.5 Å². The van der Waals surface area contributed by atoms with E-state index in [0.717, 1.165) is 66.6 Å². The Morgan fingerprint density at radius 3 is 2.08 bits per heavy atom. The lowest BCUT2D eigenvalue weighted by Gasteiger charge is -2.23. The van der Waals surface area contributed by atoms with Gasteiger partial charge in [-0.3, -0.25) is 4.57 Å². The summed E-state index contributed by atoms with van der Waals surface area (Å²) in [6.07, 6.45) is 0. The van der Waals surface area contributed by atoms with Gasteiger partial charge in [-0.25, -0.2) is 4.98 Å². The molecule has 0 spiro atoms. The topological polar surface area (TPSA) is 35.9 Å². The predicted octanol–water partition coefficient (Wildman–Crippen LogP) is 12.0. The first kappa shape index (κ1) is 27.5. The van der Waals surface area contributed by atoms with Crippen LogP contribution in [0.4, 0.5) is 0 Å². The number of benzene rings is 7. The largest absolute Gasteiger partial charge is 0.455 e. The minimum atomic E-state index is -0.217. The number of fused-ring (bicyclic) bond motifs is 11. The van der Waals surface area contributed by atoms with Crippen LogP contribution in [-0.2, 0) is 5.41 Å². The van der Waals surface area contributed by atoms with Crippen LogP contribution in [0.1, 0.15) is 25.0 Å². The molecule has 236 valence electrons. The van der Waals surface area contributed by atoms with Gasteiger partial charge in [-0.15, -0.1) is 0 Å². The molecule has 0 radical (unpaired) electrons. The highest BCUT2D eigenvalue weighted by molar-refractivity contribution is 6.23. The lowest BCUT2D eigenvalue weighted by molar-refractivity contribution is 0.660. The van der Waals surface area contributed by atoms with E-state index >= 15 is 0 Å². The molecule has 11 rings (SSSR count). The maximum atomic E-state index is 6.56. The highest BCUT2D eigenvalue weighted by atomic mass is 16.3. The molecule has 0 N–H and O–H groups in total. The lowest BCUT2D eigenvalue weighted by atomic mass is 9.81. The number of rotatable bonds is 3. The Bertz CT molecular complexity index is 3010. The van der Waals surface area contributed by atoms with Gasteiger partial charge in [0.15, 0.2) is 0 Å². The number of imidazole rings is 1. The van der Waals surface area contributed by atoms with Crippen LogP contribution in [-0.4, -0.2) is 14.1 Å². The molecule has 3 aromatic heterocycles. The average molecular weight is 642 g/mol. The summed E-state index contributed by atoms with van der Waals surface area (Å²) < 4.78 is 11.2. The Morgan fingerprint density at radius 1 is 0.520 bits per heavy atom. The van der Waals surface area contributed by atoms with Gasteiger partial charge in [-0.2, -0.15) is 0 Å². The SMILES string of the molecule is CC1(C)c2cc(-c3nc4ccccc4n3-c3ccccc3)ccc2-c2ccc(-n3c4ccccc4c4c5oc6ccccc6c5ccc43)cc21. The molecule has 0 amide bonds. The van der Waals surface area contributed by atoms with Crippen LogP contribution in [0.15, 0.2) is 156 Å². The van der Waals surface area contributed by atoms with E-state index in [0.29, 0.717) is 0 Å². The Balaban J connectivity index is 1.09. The predicted molar refractivity (Wildman–Crippen MR) is 206 cm³/mol. The van der Waals surface area contributed by atoms with Gasteiger partial charge in [0.1, 0.15) is 17.0 Å². The first-order chi connectivity index (χ1) is 24.6. The monoisotopic (exact) mass is 641 g/mol. The minimum Gasteiger partial charge on any atom is -0.455 e. The van der Waals surface area contributed by atoms with Crippen LogP contribution in [0.5, 0.6) is 0 Å². The number of hydrogen-bond donors (Lipinski definition) is 0. The Kier molecular flexibility index (Phi) is 5.42. The van der Waals surface area contributed by atoms with Crippen LogP contribution in [0, 0.1) is 0 Å². The van der Waals surface area contributed by atoms with Crippen molar-refractivity contribution in [2.75, 3.05) is 0 Å². The molecule has 50 heavy (non-hydrogen) atoms. The van der Waals surface area contributed by atoms with Crippen LogP contribution in [0.3, 0.4) is 0 Å². The normalized spacial score (nSPS) is 13.6. The van der Waals surface area contributed by atoms with Gasteiger partial charge in [-0.05, 0) is 89.0 Å². The van der Waals surface area contributed by atoms with Crippen molar-refractivity contribution >= 4 is 54.8 Å². The fourth-order valence-electron chi connectivity index (χ4n) is 8.57. The van der Waals surface area contributed by atoms with Gasteiger partial charge in [-0.1, -0.05) is 98.8 Å². The highest BCUT2D eigenvalue weighted by Crippen LogP contribution is 2.51. The van der Waals surface area contributed by atoms with Crippen LogP contribution < -0.4 is 0 Å².